The molecular weight excluding hydrogens is 308 g/mol. The standard InChI is InChI=1S/C17H28N4O3/c1-12(2)15-18-16(24-19-15)13(3)20-7-5-8-21(10-9-20)17(22)14-6-4-11-23-14/h12-14H,4-11H2,1-3H3/t13-,14+/m0/s1. The first-order chi connectivity index (χ1) is 11.6. The van der Waals surface area contributed by atoms with Gasteiger partial charge >= 0.3 is 0 Å². The molecule has 0 unspecified atom stereocenters. The number of aromatic nitrogens is 2. The minimum absolute atomic E-state index is 0.0720. The maximum Gasteiger partial charge on any atom is 0.251 e. The summed E-state index contributed by atoms with van der Waals surface area (Å²) in [6.45, 7) is 10.2. The molecular formula is C17H28N4O3. The highest BCUT2D eigenvalue weighted by molar-refractivity contribution is 5.81. The first-order valence-corrected chi connectivity index (χ1v) is 9.04. The summed E-state index contributed by atoms with van der Waals surface area (Å²) in [6, 6.07) is 0.0720. The Bertz CT molecular complexity index is 554. The van der Waals surface area contributed by atoms with Gasteiger partial charge in [-0.3, -0.25) is 9.69 Å². The predicted octanol–water partition coefficient (Wildman–Crippen LogP) is 1.97. The fourth-order valence-corrected chi connectivity index (χ4v) is 3.33. The Balaban J connectivity index is 1.58. The smallest absolute Gasteiger partial charge is 0.251 e. The highest BCUT2D eigenvalue weighted by atomic mass is 16.5. The Morgan fingerprint density at radius 3 is 2.67 bits per heavy atom. The second-order valence-electron chi connectivity index (χ2n) is 7.04. The van der Waals surface area contributed by atoms with E-state index in [2.05, 4.69) is 35.8 Å². The maximum absolute atomic E-state index is 12.5. The van der Waals surface area contributed by atoms with E-state index >= 15 is 0 Å². The molecule has 0 N–H and O–H groups in total. The average Bonchev–Trinajstić information content (AvgIpc) is 3.21. The van der Waals surface area contributed by atoms with E-state index in [-0.39, 0.29) is 24.0 Å². The van der Waals surface area contributed by atoms with Crippen molar-refractivity contribution in [2.45, 2.75) is 58.1 Å². The first-order valence-electron chi connectivity index (χ1n) is 9.04. The minimum atomic E-state index is -0.224. The zero-order valence-electron chi connectivity index (χ0n) is 14.9. The largest absolute Gasteiger partial charge is 0.368 e. The van der Waals surface area contributed by atoms with E-state index in [0.717, 1.165) is 51.3 Å². The topological polar surface area (TPSA) is 71.7 Å². The highest BCUT2D eigenvalue weighted by Crippen LogP contribution is 2.23. The molecule has 0 spiro atoms. The molecule has 1 aromatic rings. The summed E-state index contributed by atoms with van der Waals surface area (Å²) in [5.74, 6) is 1.83. The van der Waals surface area contributed by atoms with Crippen LogP contribution in [0.4, 0.5) is 0 Å². The lowest BCUT2D eigenvalue weighted by molar-refractivity contribution is -0.140. The Labute approximate surface area is 143 Å². The van der Waals surface area contributed by atoms with Crippen LogP contribution in [0.25, 0.3) is 0 Å². The van der Waals surface area contributed by atoms with Gasteiger partial charge in [0.25, 0.3) is 5.91 Å². The summed E-state index contributed by atoms with van der Waals surface area (Å²) in [6.07, 6.45) is 2.57. The van der Waals surface area contributed by atoms with Crippen LogP contribution in [0, 0.1) is 0 Å². The van der Waals surface area contributed by atoms with Gasteiger partial charge in [-0.05, 0) is 26.2 Å². The van der Waals surface area contributed by atoms with Crippen LogP contribution in [0.1, 0.15) is 63.7 Å². The van der Waals surface area contributed by atoms with Gasteiger partial charge in [-0.15, -0.1) is 0 Å². The van der Waals surface area contributed by atoms with Crippen LogP contribution in [-0.2, 0) is 9.53 Å². The maximum atomic E-state index is 12.5. The fourth-order valence-electron chi connectivity index (χ4n) is 3.33. The van der Waals surface area contributed by atoms with Crippen molar-refractivity contribution >= 4 is 5.91 Å². The van der Waals surface area contributed by atoms with Crippen molar-refractivity contribution in [3.05, 3.63) is 11.7 Å². The van der Waals surface area contributed by atoms with Crippen molar-refractivity contribution in [2.75, 3.05) is 32.8 Å². The van der Waals surface area contributed by atoms with Crippen molar-refractivity contribution in [3.63, 3.8) is 0 Å². The van der Waals surface area contributed by atoms with E-state index in [1.165, 1.54) is 0 Å². The molecule has 7 nitrogen and oxygen atoms in total. The van der Waals surface area contributed by atoms with Gasteiger partial charge < -0.3 is 14.2 Å². The van der Waals surface area contributed by atoms with Crippen molar-refractivity contribution in [3.8, 4) is 0 Å². The second kappa shape index (κ2) is 7.61. The molecule has 0 saturated carbocycles. The predicted molar refractivity (Wildman–Crippen MR) is 88.5 cm³/mol. The summed E-state index contributed by atoms with van der Waals surface area (Å²) in [5.41, 5.74) is 0. The monoisotopic (exact) mass is 336 g/mol. The van der Waals surface area contributed by atoms with Gasteiger partial charge in [-0.25, -0.2) is 0 Å². The van der Waals surface area contributed by atoms with Crippen LogP contribution in [0.2, 0.25) is 0 Å². The van der Waals surface area contributed by atoms with Crippen LogP contribution in [0.5, 0.6) is 0 Å². The second-order valence-corrected chi connectivity index (χ2v) is 7.04. The number of ether oxygens (including phenoxy) is 1. The number of hydrogen-bond acceptors (Lipinski definition) is 6. The molecule has 7 heteroatoms. The lowest BCUT2D eigenvalue weighted by Gasteiger charge is -2.26. The fraction of sp³-hybridized carbons (Fsp3) is 0.824. The molecule has 0 aromatic carbocycles. The Kier molecular flexibility index (Phi) is 5.50. The van der Waals surface area contributed by atoms with E-state index in [1.807, 2.05) is 4.90 Å². The van der Waals surface area contributed by atoms with Crippen molar-refractivity contribution < 1.29 is 14.1 Å². The zero-order chi connectivity index (χ0) is 17.1. The molecule has 3 heterocycles. The molecule has 24 heavy (non-hydrogen) atoms. The van der Waals surface area contributed by atoms with E-state index < -0.39 is 0 Å². The van der Waals surface area contributed by atoms with Gasteiger partial charge in [0, 0.05) is 38.7 Å². The van der Waals surface area contributed by atoms with Gasteiger partial charge in [0.15, 0.2) is 5.82 Å². The van der Waals surface area contributed by atoms with E-state index in [9.17, 15) is 4.79 Å². The summed E-state index contributed by atoms with van der Waals surface area (Å²) < 4.78 is 11.0. The van der Waals surface area contributed by atoms with Crippen LogP contribution in [0.3, 0.4) is 0 Å². The Morgan fingerprint density at radius 1 is 1.17 bits per heavy atom. The van der Waals surface area contributed by atoms with E-state index in [0.29, 0.717) is 12.5 Å². The van der Waals surface area contributed by atoms with Crippen LogP contribution < -0.4 is 0 Å². The average molecular weight is 336 g/mol. The van der Waals surface area contributed by atoms with Gasteiger partial charge in [0.2, 0.25) is 5.89 Å². The SMILES string of the molecule is CC(C)c1noc([C@H](C)N2CCCN(C(=O)[C@H]3CCCO3)CC2)n1. The van der Waals surface area contributed by atoms with Gasteiger partial charge in [0.1, 0.15) is 6.10 Å². The molecule has 2 fully saturated rings. The van der Waals surface area contributed by atoms with Crippen LogP contribution >= 0.6 is 0 Å². The molecule has 3 rings (SSSR count). The Hall–Kier alpha value is -1.47. The minimum Gasteiger partial charge on any atom is -0.368 e. The summed E-state index contributed by atoms with van der Waals surface area (Å²) >= 11 is 0. The van der Waals surface area contributed by atoms with Crippen molar-refractivity contribution in [1.29, 1.82) is 0 Å². The lowest BCUT2D eigenvalue weighted by Crippen LogP contribution is -2.41. The number of carbonyl (C=O) groups is 1. The number of carbonyl (C=O) groups excluding carboxylic acids is 1. The van der Waals surface area contributed by atoms with Crippen molar-refractivity contribution in [2.24, 2.45) is 0 Å². The molecule has 2 atom stereocenters. The van der Waals surface area contributed by atoms with E-state index in [1.54, 1.807) is 0 Å². The Morgan fingerprint density at radius 2 is 2.00 bits per heavy atom. The summed E-state index contributed by atoms with van der Waals surface area (Å²) in [7, 11) is 0. The van der Waals surface area contributed by atoms with Gasteiger partial charge in [-0.2, -0.15) is 4.98 Å². The van der Waals surface area contributed by atoms with Gasteiger partial charge in [0.05, 0.1) is 6.04 Å². The summed E-state index contributed by atoms with van der Waals surface area (Å²) in [4.78, 5) is 21.3. The summed E-state index contributed by atoms with van der Waals surface area (Å²) in [5, 5.41) is 4.06. The highest BCUT2D eigenvalue weighted by Gasteiger charge is 2.31. The molecule has 0 bridgehead atoms. The molecule has 134 valence electrons. The van der Waals surface area contributed by atoms with Crippen LogP contribution in [-0.4, -0.2) is 64.7 Å². The molecule has 0 radical (unpaired) electrons. The molecule has 2 aliphatic rings. The van der Waals surface area contributed by atoms with Gasteiger partial charge in [-0.1, -0.05) is 19.0 Å². The molecule has 1 aromatic heterocycles. The third-order valence-corrected chi connectivity index (χ3v) is 4.93. The number of nitrogens with zero attached hydrogens (tertiary/aromatic N) is 4. The number of amides is 1. The number of rotatable bonds is 4. The molecule has 2 saturated heterocycles. The third kappa shape index (κ3) is 3.78. The lowest BCUT2D eigenvalue weighted by atomic mass is 10.2. The first kappa shape index (κ1) is 17.4. The quantitative estimate of drug-likeness (QED) is 0.837. The van der Waals surface area contributed by atoms with E-state index in [4.69, 9.17) is 9.26 Å². The molecule has 1 amide bonds. The van der Waals surface area contributed by atoms with Crippen LogP contribution in [0.15, 0.2) is 4.52 Å². The number of hydrogen-bond donors (Lipinski definition) is 0. The molecule has 2 aliphatic heterocycles. The molecule has 0 aliphatic carbocycles. The normalized spacial score (nSPS) is 24.3. The van der Waals surface area contributed by atoms with Crippen molar-refractivity contribution in [1.82, 2.24) is 19.9 Å². The zero-order valence-corrected chi connectivity index (χ0v) is 14.9. The third-order valence-electron chi connectivity index (χ3n) is 4.93.